The van der Waals surface area contributed by atoms with Crippen molar-refractivity contribution in [2.45, 2.75) is 44.4 Å². The summed E-state index contributed by atoms with van der Waals surface area (Å²) in [4.78, 5) is 46.5. The van der Waals surface area contributed by atoms with Crippen LogP contribution in [0.3, 0.4) is 0 Å². The topological polar surface area (TPSA) is 151 Å². The summed E-state index contributed by atoms with van der Waals surface area (Å²) in [5.41, 5.74) is 8.60. The normalized spacial score (nSPS) is 15.7. The number of hydrogen-bond acceptors (Lipinski definition) is 5. The van der Waals surface area contributed by atoms with Crippen LogP contribution >= 0.6 is 0 Å². The molecule has 0 saturated heterocycles. The van der Waals surface area contributed by atoms with Crippen LogP contribution in [0.25, 0.3) is 5.57 Å². The molecule has 0 radical (unpaired) electrons. The smallest absolute Gasteiger partial charge is 0.245 e. The van der Waals surface area contributed by atoms with Crippen LogP contribution < -0.4 is 21.7 Å². The maximum absolute atomic E-state index is 12.2. The van der Waals surface area contributed by atoms with Gasteiger partial charge < -0.3 is 26.8 Å². The zero-order chi connectivity index (χ0) is 21.4. The molecule has 9 nitrogen and oxygen atoms in total. The van der Waals surface area contributed by atoms with Gasteiger partial charge in [0, 0.05) is 6.42 Å². The van der Waals surface area contributed by atoms with Crippen LogP contribution in [0.1, 0.15) is 30.9 Å². The summed E-state index contributed by atoms with van der Waals surface area (Å²) >= 11 is 0. The van der Waals surface area contributed by atoms with Crippen molar-refractivity contribution in [1.29, 1.82) is 0 Å². The fraction of sp³-hybridized carbons (Fsp3) is 0.400. The van der Waals surface area contributed by atoms with Crippen LogP contribution in [0.4, 0.5) is 0 Å². The number of aryl methyl sites for hydroxylation is 1. The molecule has 9 heteroatoms. The van der Waals surface area contributed by atoms with Crippen molar-refractivity contribution in [3.05, 3.63) is 41.5 Å². The Morgan fingerprint density at radius 1 is 1.28 bits per heavy atom. The molecular weight excluding hydrogens is 376 g/mol. The summed E-state index contributed by atoms with van der Waals surface area (Å²) in [6.45, 7) is 0.904. The van der Waals surface area contributed by atoms with Crippen molar-refractivity contribution < 1.29 is 24.3 Å². The van der Waals surface area contributed by atoms with Gasteiger partial charge in [-0.3, -0.25) is 19.2 Å². The molecule has 3 atom stereocenters. The standard InChI is InChI=1S/C20H26N4O5/c1-12(26)18(23-11-25)20(29)22-10-17(27)24-16(19(21)28)9-14-7-4-6-13-5-2-3-8-15(13)14/h2-3,5,7-8,11-12,16,18,26H,4,6,9-10H2,1H3,(H2,21,28)(H,22,29)(H,23,25)(H,24,27)/t12-,16+,18?/m1/s1. The van der Waals surface area contributed by atoms with Gasteiger partial charge in [0.1, 0.15) is 12.1 Å². The summed E-state index contributed by atoms with van der Waals surface area (Å²) in [6.07, 6.45) is 3.18. The number of hydrogen-bond donors (Lipinski definition) is 5. The zero-order valence-electron chi connectivity index (χ0n) is 16.2. The summed E-state index contributed by atoms with van der Waals surface area (Å²) in [6, 6.07) is 5.75. The Morgan fingerprint density at radius 3 is 2.66 bits per heavy atom. The summed E-state index contributed by atoms with van der Waals surface area (Å²) in [5, 5.41) is 16.5. The van der Waals surface area contributed by atoms with Gasteiger partial charge in [0.2, 0.25) is 24.1 Å². The number of nitrogens with one attached hydrogen (secondary N) is 3. The molecule has 1 aliphatic carbocycles. The zero-order valence-corrected chi connectivity index (χ0v) is 16.2. The van der Waals surface area contributed by atoms with Gasteiger partial charge >= 0.3 is 0 Å². The van der Waals surface area contributed by atoms with Crippen molar-refractivity contribution in [2.75, 3.05) is 6.54 Å². The van der Waals surface area contributed by atoms with Gasteiger partial charge in [-0.1, -0.05) is 30.3 Å². The fourth-order valence-corrected chi connectivity index (χ4v) is 3.23. The van der Waals surface area contributed by atoms with Gasteiger partial charge in [0.25, 0.3) is 0 Å². The van der Waals surface area contributed by atoms with Crippen molar-refractivity contribution in [2.24, 2.45) is 5.73 Å². The number of aliphatic hydroxyl groups excluding tert-OH is 1. The number of allylic oxidation sites excluding steroid dienone is 1. The lowest BCUT2D eigenvalue weighted by atomic mass is 9.87. The van der Waals surface area contributed by atoms with Crippen LogP contribution in [0, 0.1) is 0 Å². The number of benzene rings is 1. The van der Waals surface area contributed by atoms with Crippen molar-refractivity contribution in [3.8, 4) is 0 Å². The highest BCUT2D eigenvalue weighted by molar-refractivity contribution is 5.92. The third-order valence-electron chi connectivity index (χ3n) is 4.71. The van der Waals surface area contributed by atoms with Gasteiger partial charge in [-0.25, -0.2) is 0 Å². The van der Waals surface area contributed by atoms with E-state index in [1.54, 1.807) is 0 Å². The van der Waals surface area contributed by atoms with Crippen LogP contribution in [0.5, 0.6) is 0 Å². The number of primary amides is 1. The van der Waals surface area contributed by atoms with Crippen LogP contribution in [-0.2, 0) is 25.6 Å². The number of aliphatic hydroxyl groups is 1. The molecule has 0 fully saturated rings. The summed E-state index contributed by atoms with van der Waals surface area (Å²) < 4.78 is 0. The van der Waals surface area contributed by atoms with Crippen LogP contribution in [0.2, 0.25) is 0 Å². The van der Waals surface area contributed by atoms with Gasteiger partial charge in [-0.15, -0.1) is 0 Å². The van der Waals surface area contributed by atoms with E-state index in [0.717, 1.165) is 24.0 Å². The molecule has 0 bridgehead atoms. The molecule has 6 N–H and O–H groups in total. The minimum Gasteiger partial charge on any atom is -0.391 e. The average Bonchev–Trinajstić information content (AvgIpc) is 2.69. The molecule has 0 aromatic heterocycles. The Morgan fingerprint density at radius 2 is 2.00 bits per heavy atom. The first-order valence-electron chi connectivity index (χ1n) is 9.35. The van der Waals surface area contributed by atoms with Crippen molar-refractivity contribution in [3.63, 3.8) is 0 Å². The Hall–Kier alpha value is -3.20. The molecule has 0 heterocycles. The van der Waals surface area contributed by atoms with Crippen LogP contribution in [-0.4, -0.2) is 54.0 Å². The van der Waals surface area contributed by atoms with Gasteiger partial charge in [-0.2, -0.15) is 0 Å². The molecule has 0 aliphatic heterocycles. The van der Waals surface area contributed by atoms with E-state index < -0.39 is 42.5 Å². The van der Waals surface area contributed by atoms with E-state index in [4.69, 9.17) is 5.73 Å². The van der Waals surface area contributed by atoms with E-state index in [0.29, 0.717) is 0 Å². The first kappa shape index (κ1) is 22.1. The molecule has 0 spiro atoms. The second-order valence-electron chi connectivity index (χ2n) is 6.87. The maximum atomic E-state index is 12.2. The van der Waals surface area contributed by atoms with E-state index in [-0.39, 0.29) is 12.8 Å². The molecule has 1 aliphatic rings. The first-order chi connectivity index (χ1) is 13.8. The van der Waals surface area contributed by atoms with Gasteiger partial charge in [-0.05, 0) is 36.5 Å². The molecule has 29 heavy (non-hydrogen) atoms. The number of nitrogens with two attached hydrogens (primary N) is 1. The average molecular weight is 402 g/mol. The second-order valence-corrected chi connectivity index (χ2v) is 6.87. The second kappa shape index (κ2) is 10.4. The number of rotatable bonds is 10. The largest absolute Gasteiger partial charge is 0.391 e. The number of fused-ring (bicyclic) bond motifs is 1. The monoisotopic (exact) mass is 402 g/mol. The lowest BCUT2D eigenvalue weighted by Crippen LogP contribution is -2.53. The highest BCUT2D eigenvalue weighted by Crippen LogP contribution is 2.29. The number of carbonyl (C=O) groups excluding carboxylic acids is 4. The lowest BCUT2D eigenvalue weighted by Gasteiger charge is -2.22. The van der Waals surface area contributed by atoms with Crippen LogP contribution in [0.15, 0.2) is 30.3 Å². The Kier molecular flexibility index (Phi) is 7.90. The fourth-order valence-electron chi connectivity index (χ4n) is 3.23. The summed E-state index contributed by atoms with van der Waals surface area (Å²) in [5.74, 6) is -2.01. The quantitative estimate of drug-likeness (QED) is 0.318. The van der Waals surface area contributed by atoms with E-state index >= 15 is 0 Å². The Labute approximate surface area is 168 Å². The highest BCUT2D eigenvalue weighted by atomic mass is 16.3. The van der Waals surface area contributed by atoms with Crippen molar-refractivity contribution in [1.82, 2.24) is 16.0 Å². The van der Waals surface area contributed by atoms with E-state index in [9.17, 15) is 24.3 Å². The highest BCUT2D eigenvalue weighted by Gasteiger charge is 2.25. The Balaban J connectivity index is 1.96. The number of amides is 4. The lowest BCUT2D eigenvalue weighted by molar-refractivity contribution is -0.131. The maximum Gasteiger partial charge on any atom is 0.245 e. The first-order valence-corrected chi connectivity index (χ1v) is 9.35. The third-order valence-corrected chi connectivity index (χ3v) is 4.71. The molecule has 1 unspecified atom stereocenters. The molecule has 4 amide bonds. The molecule has 0 saturated carbocycles. The molecule has 1 aromatic rings. The van der Waals surface area contributed by atoms with E-state index in [2.05, 4.69) is 16.0 Å². The predicted molar refractivity (Wildman–Crippen MR) is 106 cm³/mol. The SMILES string of the molecule is C[C@@H](O)C(NC=O)C(=O)NCC(=O)N[C@@H](CC1=CCCc2ccccc21)C(N)=O. The van der Waals surface area contributed by atoms with E-state index in [1.807, 2.05) is 30.3 Å². The molecular formula is C20H26N4O5. The predicted octanol–water partition coefficient (Wildman–Crippen LogP) is -1.01. The Bertz CT molecular complexity index is 806. The molecule has 2 rings (SSSR count). The van der Waals surface area contributed by atoms with Crippen molar-refractivity contribution >= 4 is 29.7 Å². The molecule has 156 valence electrons. The van der Waals surface area contributed by atoms with E-state index in [1.165, 1.54) is 12.5 Å². The minimum atomic E-state index is -1.18. The third kappa shape index (κ3) is 6.15. The van der Waals surface area contributed by atoms with Gasteiger partial charge in [0.15, 0.2) is 0 Å². The molecule has 1 aromatic carbocycles. The minimum absolute atomic E-state index is 0.245. The summed E-state index contributed by atoms with van der Waals surface area (Å²) in [7, 11) is 0. The van der Waals surface area contributed by atoms with Gasteiger partial charge in [0.05, 0.1) is 12.6 Å². The number of carbonyl (C=O) groups is 4.